The molecule has 0 radical (unpaired) electrons. The molecule has 0 aliphatic rings. The molecular weight excluding hydrogens is 318 g/mol. The predicted octanol–water partition coefficient (Wildman–Crippen LogP) is 4.13. The van der Waals surface area contributed by atoms with Crippen LogP contribution in [-0.4, -0.2) is 29.3 Å². The zero-order valence-corrected chi connectivity index (χ0v) is 13.9. The van der Waals surface area contributed by atoms with E-state index in [4.69, 9.17) is 9.15 Å². The van der Waals surface area contributed by atoms with Gasteiger partial charge in [-0.15, -0.1) is 0 Å². The predicted molar refractivity (Wildman–Crippen MR) is 95.3 cm³/mol. The van der Waals surface area contributed by atoms with E-state index >= 15 is 0 Å². The Morgan fingerprint density at radius 2 is 1.88 bits per heavy atom. The number of fused-ring (bicyclic) bond motifs is 1. The van der Waals surface area contributed by atoms with E-state index < -0.39 is 5.91 Å². The van der Waals surface area contributed by atoms with Crippen LogP contribution in [0.25, 0.3) is 16.5 Å². The molecule has 3 rings (SSSR count). The van der Waals surface area contributed by atoms with Gasteiger partial charge >= 0.3 is 0 Å². The molecule has 5 heteroatoms. The first-order chi connectivity index (χ1) is 12.1. The third-order valence-corrected chi connectivity index (χ3v) is 3.72. The zero-order valence-electron chi connectivity index (χ0n) is 13.9. The van der Waals surface area contributed by atoms with Crippen LogP contribution >= 0.6 is 0 Å². The molecule has 1 aromatic heterocycles. The molecule has 3 aromatic rings. The lowest BCUT2D eigenvalue weighted by molar-refractivity contribution is -0.160. The fraction of sp³-hybridized carbons (Fsp3) is 0.150. The number of carbonyl (C=O) groups is 1. The van der Waals surface area contributed by atoms with Gasteiger partial charge in [-0.25, -0.2) is 5.06 Å². The molecule has 0 saturated heterocycles. The molecule has 128 valence electrons. The van der Waals surface area contributed by atoms with Crippen molar-refractivity contribution in [3.8, 4) is 5.75 Å². The second-order valence-electron chi connectivity index (χ2n) is 5.60. The van der Waals surface area contributed by atoms with E-state index in [1.54, 1.807) is 6.92 Å². The SMILES string of the molecule is C/C(=C/C(=O)N(O)CCOc1ccccc1)c1cc2ccccc2o1. The molecule has 0 spiro atoms. The van der Waals surface area contributed by atoms with Gasteiger partial charge in [0, 0.05) is 11.5 Å². The second-order valence-corrected chi connectivity index (χ2v) is 5.60. The maximum Gasteiger partial charge on any atom is 0.270 e. The summed E-state index contributed by atoms with van der Waals surface area (Å²) in [7, 11) is 0. The number of carbonyl (C=O) groups excluding carboxylic acids is 1. The number of furan rings is 1. The number of rotatable bonds is 6. The van der Waals surface area contributed by atoms with Crippen LogP contribution in [-0.2, 0) is 4.79 Å². The third kappa shape index (κ3) is 4.28. The standard InChI is InChI=1S/C20H19NO4/c1-15(19-14-16-7-5-6-10-18(16)25-19)13-20(22)21(23)11-12-24-17-8-3-2-4-9-17/h2-10,13-14,23H,11-12H2,1H3/b15-13-. The van der Waals surface area contributed by atoms with Crippen LogP contribution in [0, 0.1) is 0 Å². The Bertz CT molecular complexity index is 850. The smallest absolute Gasteiger partial charge is 0.270 e. The normalized spacial score (nSPS) is 11.5. The molecule has 0 fully saturated rings. The number of hydrogen-bond acceptors (Lipinski definition) is 4. The highest BCUT2D eigenvalue weighted by Gasteiger charge is 2.11. The fourth-order valence-electron chi connectivity index (χ4n) is 2.38. The van der Waals surface area contributed by atoms with E-state index in [2.05, 4.69) is 0 Å². The number of nitrogens with zero attached hydrogens (tertiary/aromatic N) is 1. The lowest BCUT2D eigenvalue weighted by Crippen LogP contribution is -2.30. The van der Waals surface area contributed by atoms with Gasteiger partial charge < -0.3 is 9.15 Å². The Morgan fingerprint density at radius 3 is 2.64 bits per heavy atom. The lowest BCUT2D eigenvalue weighted by Gasteiger charge is -2.14. The summed E-state index contributed by atoms with van der Waals surface area (Å²) >= 11 is 0. The maximum absolute atomic E-state index is 12.1. The minimum absolute atomic E-state index is 0.0671. The molecule has 5 nitrogen and oxygen atoms in total. The summed E-state index contributed by atoms with van der Waals surface area (Å²) in [5.41, 5.74) is 1.40. The molecule has 1 amide bonds. The molecule has 25 heavy (non-hydrogen) atoms. The van der Waals surface area contributed by atoms with Crippen LogP contribution in [0.5, 0.6) is 5.75 Å². The van der Waals surface area contributed by atoms with Crippen LogP contribution in [0.3, 0.4) is 0 Å². The highest BCUT2D eigenvalue weighted by molar-refractivity contribution is 5.94. The Balaban J connectivity index is 1.58. The number of hydrogen-bond donors (Lipinski definition) is 1. The van der Waals surface area contributed by atoms with Crippen molar-refractivity contribution in [2.24, 2.45) is 0 Å². The van der Waals surface area contributed by atoms with E-state index in [0.29, 0.717) is 22.1 Å². The largest absolute Gasteiger partial charge is 0.492 e. The van der Waals surface area contributed by atoms with E-state index in [1.807, 2.05) is 60.7 Å². The fourth-order valence-corrected chi connectivity index (χ4v) is 2.38. The van der Waals surface area contributed by atoms with Gasteiger partial charge in [-0.05, 0) is 36.8 Å². The summed E-state index contributed by atoms with van der Waals surface area (Å²) in [4.78, 5) is 12.1. The van der Waals surface area contributed by atoms with Crippen LogP contribution < -0.4 is 4.74 Å². The second kappa shape index (κ2) is 7.68. The van der Waals surface area contributed by atoms with Crippen LogP contribution in [0.4, 0.5) is 0 Å². The first-order valence-corrected chi connectivity index (χ1v) is 7.99. The highest BCUT2D eigenvalue weighted by Crippen LogP contribution is 2.24. The van der Waals surface area contributed by atoms with Gasteiger partial charge in [-0.1, -0.05) is 36.4 Å². The number of para-hydroxylation sites is 2. The maximum atomic E-state index is 12.1. The van der Waals surface area contributed by atoms with Crippen molar-refractivity contribution >= 4 is 22.4 Å². The molecule has 0 saturated carbocycles. The van der Waals surface area contributed by atoms with E-state index in [1.165, 1.54) is 6.08 Å². The van der Waals surface area contributed by atoms with Crippen molar-refractivity contribution in [3.05, 3.63) is 72.5 Å². The van der Waals surface area contributed by atoms with E-state index in [-0.39, 0.29) is 13.2 Å². The lowest BCUT2D eigenvalue weighted by atomic mass is 10.2. The summed E-state index contributed by atoms with van der Waals surface area (Å²) < 4.78 is 11.2. The molecule has 0 atom stereocenters. The van der Waals surface area contributed by atoms with Crippen molar-refractivity contribution < 1.29 is 19.2 Å². The Hall–Kier alpha value is -3.05. The first-order valence-electron chi connectivity index (χ1n) is 7.99. The van der Waals surface area contributed by atoms with E-state index in [9.17, 15) is 10.0 Å². The Kier molecular flexibility index (Phi) is 5.16. The minimum Gasteiger partial charge on any atom is -0.492 e. The summed E-state index contributed by atoms with van der Waals surface area (Å²) in [6.45, 7) is 2.03. The van der Waals surface area contributed by atoms with Gasteiger partial charge in [-0.3, -0.25) is 10.0 Å². The van der Waals surface area contributed by atoms with Gasteiger partial charge in [0.2, 0.25) is 0 Å². The molecule has 0 unspecified atom stereocenters. The van der Waals surface area contributed by atoms with E-state index in [0.717, 1.165) is 11.0 Å². The first kappa shape index (κ1) is 16.8. The summed E-state index contributed by atoms with van der Waals surface area (Å²) in [5.74, 6) is 0.774. The van der Waals surface area contributed by atoms with Crippen LogP contribution in [0.2, 0.25) is 0 Å². The number of allylic oxidation sites excluding steroid dienone is 1. The molecule has 1 N–H and O–H groups in total. The summed E-state index contributed by atoms with van der Waals surface area (Å²) in [5, 5.41) is 11.5. The van der Waals surface area contributed by atoms with Gasteiger partial charge in [-0.2, -0.15) is 0 Å². The van der Waals surface area contributed by atoms with Crippen molar-refractivity contribution in [1.82, 2.24) is 5.06 Å². The molecular formula is C20H19NO4. The van der Waals surface area contributed by atoms with Gasteiger partial charge in [0.25, 0.3) is 5.91 Å². The van der Waals surface area contributed by atoms with Crippen molar-refractivity contribution in [2.45, 2.75) is 6.92 Å². The quantitative estimate of drug-likeness (QED) is 0.417. The molecule has 0 bridgehead atoms. The number of benzene rings is 2. The topological polar surface area (TPSA) is 62.9 Å². The average molecular weight is 337 g/mol. The average Bonchev–Trinajstić information content (AvgIpc) is 3.07. The Morgan fingerprint density at radius 1 is 1.16 bits per heavy atom. The van der Waals surface area contributed by atoms with Gasteiger partial charge in [0.15, 0.2) is 0 Å². The third-order valence-electron chi connectivity index (χ3n) is 3.72. The monoisotopic (exact) mass is 337 g/mol. The summed E-state index contributed by atoms with van der Waals surface area (Å²) in [6, 6.07) is 18.7. The minimum atomic E-state index is -0.519. The number of ether oxygens (including phenoxy) is 1. The zero-order chi connectivity index (χ0) is 17.6. The number of hydroxylamine groups is 2. The van der Waals surface area contributed by atoms with Crippen molar-refractivity contribution in [1.29, 1.82) is 0 Å². The van der Waals surface area contributed by atoms with Crippen LogP contribution in [0.15, 0.2) is 71.2 Å². The van der Waals surface area contributed by atoms with Gasteiger partial charge in [0.1, 0.15) is 23.7 Å². The van der Waals surface area contributed by atoms with Crippen molar-refractivity contribution in [2.75, 3.05) is 13.2 Å². The molecule has 1 heterocycles. The number of amides is 1. The molecule has 0 aliphatic heterocycles. The van der Waals surface area contributed by atoms with Crippen LogP contribution in [0.1, 0.15) is 12.7 Å². The summed E-state index contributed by atoms with van der Waals surface area (Å²) in [6.07, 6.45) is 1.35. The molecule has 0 aliphatic carbocycles. The molecule has 2 aromatic carbocycles. The Labute approximate surface area is 145 Å². The van der Waals surface area contributed by atoms with Gasteiger partial charge in [0.05, 0.1) is 6.54 Å². The van der Waals surface area contributed by atoms with Crippen molar-refractivity contribution in [3.63, 3.8) is 0 Å². The highest BCUT2D eigenvalue weighted by atomic mass is 16.5.